The molecule has 0 unspecified atom stereocenters. The molecule has 0 aliphatic carbocycles. The molecule has 3 heteroatoms. The van der Waals surface area contributed by atoms with Crippen molar-refractivity contribution in [3.05, 3.63) is 0 Å². The van der Waals surface area contributed by atoms with Crippen LogP contribution in [0.2, 0.25) is 0 Å². The molecule has 2 fully saturated rings. The van der Waals surface area contributed by atoms with Gasteiger partial charge in [0.2, 0.25) is 0 Å². The molecule has 0 bridgehead atoms. The van der Waals surface area contributed by atoms with Gasteiger partial charge in [0.05, 0.1) is 5.60 Å². The predicted octanol–water partition coefficient (Wildman–Crippen LogP) is 1.17. The maximum atomic E-state index is 10.5. The molecule has 16 heavy (non-hydrogen) atoms. The zero-order valence-corrected chi connectivity index (χ0v) is 10.9. The number of piperidine rings is 1. The summed E-state index contributed by atoms with van der Waals surface area (Å²) in [4.78, 5) is 4.86. The highest BCUT2D eigenvalue weighted by Gasteiger charge is 2.37. The molecule has 2 rings (SSSR count). The van der Waals surface area contributed by atoms with E-state index in [0.29, 0.717) is 6.04 Å². The van der Waals surface area contributed by atoms with Gasteiger partial charge in [-0.05, 0) is 32.6 Å². The highest BCUT2D eigenvalue weighted by molar-refractivity contribution is 4.92. The molecule has 0 radical (unpaired) electrons. The van der Waals surface area contributed by atoms with E-state index in [1.165, 1.54) is 13.1 Å². The molecule has 0 aromatic heterocycles. The topological polar surface area (TPSA) is 26.7 Å². The Morgan fingerprint density at radius 3 is 2.25 bits per heavy atom. The Morgan fingerprint density at radius 1 is 1.25 bits per heavy atom. The summed E-state index contributed by atoms with van der Waals surface area (Å²) >= 11 is 0. The molecule has 0 aromatic carbocycles. The molecule has 94 valence electrons. The number of nitrogens with zero attached hydrogens (tertiary/aromatic N) is 2. The molecule has 0 aromatic rings. The number of likely N-dealkylation sites (tertiary alicyclic amines) is 2. The minimum absolute atomic E-state index is 0.411. The highest BCUT2D eigenvalue weighted by atomic mass is 16.3. The molecular formula is C13H26N2O. The van der Waals surface area contributed by atoms with Crippen molar-refractivity contribution in [2.75, 3.05) is 32.7 Å². The van der Waals surface area contributed by atoms with Gasteiger partial charge in [-0.25, -0.2) is 0 Å². The zero-order valence-electron chi connectivity index (χ0n) is 10.9. The number of hydrogen-bond acceptors (Lipinski definition) is 3. The Kier molecular flexibility index (Phi) is 3.57. The fraction of sp³-hybridized carbons (Fsp3) is 1.00. The van der Waals surface area contributed by atoms with Gasteiger partial charge >= 0.3 is 0 Å². The summed E-state index contributed by atoms with van der Waals surface area (Å²) in [5.74, 6) is 0.833. The number of rotatable bonds is 3. The lowest BCUT2D eigenvalue weighted by atomic mass is 9.88. The zero-order chi connectivity index (χ0) is 11.8. The predicted molar refractivity (Wildman–Crippen MR) is 66.5 cm³/mol. The van der Waals surface area contributed by atoms with E-state index < -0.39 is 5.60 Å². The maximum Gasteiger partial charge on any atom is 0.0798 e. The van der Waals surface area contributed by atoms with E-state index in [1.807, 2.05) is 0 Å². The SMILES string of the molecule is CC1CN(CC2(O)CCN(C(C)C)CC2)C1. The summed E-state index contributed by atoms with van der Waals surface area (Å²) in [5, 5.41) is 10.5. The van der Waals surface area contributed by atoms with Gasteiger partial charge in [-0.2, -0.15) is 0 Å². The molecule has 0 saturated carbocycles. The lowest BCUT2D eigenvalue weighted by Crippen LogP contribution is -2.56. The second-order valence-corrected chi connectivity index (χ2v) is 6.15. The fourth-order valence-corrected chi connectivity index (χ4v) is 2.99. The molecule has 0 atom stereocenters. The lowest BCUT2D eigenvalue weighted by Gasteiger charge is -2.46. The summed E-state index contributed by atoms with van der Waals surface area (Å²) in [7, 11) is 0. The third-order valence-corrected chi connectivity index (χ3v) is 4.12. The van der Waals surface area contributed by atoms with Gasteiger partial charge < -0.3 is 10.0 Å². The Labute approximate surface area is 99.4 Å². The van der Waals surface area contributed by atoms with Crippen molar-refractivity contribution >= 4 is 0 Å². The van der Waals surface area contributed by atoms with Gasteiger partial charge in [0.15, 0.2) is 0 Å². The van der Waals surface area contributed by atoms with E-state index in [-0.39, 0.29) is 0 Å². The van der Waals surface area contributed by atoms with Gasteiger partial charge in [0.1, 0.15) is 0 Å². The van der Waals surface area contributed by atoms with Gasteiger partial charge in [0.25, 0.3) is 0 Å². The van der Waals surface area contributed by atoms with Crippen molar-refractivity contribution in [3.63, 3.8) is 0 Å². The fourth-order valence-electron chi connectivity index (χ4n) is 2.99. The van der Waals surface area contributed by atoms with Crippen LogP contribution in [0.5, 0.6) is 0 Å². The van der Waals surface area contributed by atoms with Crippen molar-refractivity contribution in [1.82, 2.24) is 9.80 Å². The monoisotopic (exact) mass is 226 g/mol. The van der Waals surface area contributed by atoms with Crippen molar-refractivity contribution in [2.45, 2.75) is 45.3 Å². The second kappa shape index (κ2) is 4.63. The van der Waals surface area contributed by atoms with E-state index in [9.17, 15) is 5.11 Å². The van der Waals surface area contributed by atoms with Crippen molar-refractivity contribution in [2.24, 2.45) is 5.92 Å². The normalized spacial score (nSPS) is 28.3. The highest BCUT2D eigenvalue weighted by Crippen LogP contribution is 2.27. The van der Waals surface area contributed by atoms with Crippen molar-refractivity contribution in [1.29, 1.82) is 0 Å². The number of hydrogen-bond donors (Lipinski definition) is 1. The summed E-state index contributed by atoms with van der Waals surface area (Å²) in [6.07, 6.45) is 1.88. The maximum absolute atomic E-state index is 10.5. The Morgan fingerprint density at radius 2 is 1.81 bits per heavy atom. The Bertz CT molecular complexity index is 228. The van der Waals surface area contributed by atoms with E-state index in [2.05, 4.69) is 30.6 Å². The quantitative estimate of drug-likeness (QED) is 0.782. The van der Waals surface area contributed by atoms with Gasteiger partial charge in [0, 0.05) is 38.8 Å². The van der Waals surface area contributed by atoms with Gasteiger partial charge in [-0.3, -0.25) is 4.90 Å². The largest absolute Gasteiger partial charge is 0.388 e. The summed E-state index contributed by atoms with van der Waals surface area (Å²) in [5.41, 5.74) is -0.411. The van der Waals surface area contributed by atoms with Crippen molar-refractivity contribution in [3.8, 4) is 0 Å². The lowest BCUT2D eigenvalue weighted by molar-refractivity contribution is -0.0689. The molecule has 2 aliphatic rings. The van der Waals surface area contributed by atoms with Crippen LogP contribution in [-0.4, -0.2) is 59.3 Å². The van der Waals surface area contributed by atoms with E-state index in [1.54, 1.807) is 0 Å². The first kappa shape index (κ1) is 12.3. The molecule has 0 spiro atoms. The number of aliphatic hydroxyl groups is 1. The number of β-amino-alcohol motifs (C(OH)–C–C–N with tert-alkyl or cyclic N) is 1. The summed E-state index contributed by atoms with van der Waals surface area (Å²) in [6.45, 7) is 12.1. The van der Waals surface area contributed by atoms with Crippen LogP contribution in [0.25, 0.3) is 0 Å². The Balaban J connectivity index is 1.77. The van der Waals surface area contributed by atoms with Crippen LogP contribution < -0.4 is 0 Å². The summed E-state index contributed by atoms with van der Waals surface area (Å²) < 4.78 is 0. The first-order valence-corrected chi connectivity index (χ1v) is 6.67. The molecule has 2 heterocycles. The summed E-state index contributed by atoms with van der Waals surface area (Å²) in [6, 6.07) is 0.619. The standard InChI is InChI=1S/C13H26N2O/c1-11(2)15-6-4-13(16,5-7-15)10-14-8-12(3)9-14/h11-12,16H,4-10H2,1-3H3. The van der Waals surface area contributed by atoms with Crippen LogP contribution in [0.4, 0.5) is 0 Å². The van der Waals surface area contributed by atoms with E-state index >= 15 is 0 Å². The van der Waals surface area contributed by atoms with E-state index in [0.717, 1.165) is 38.4 Å². The average molecular weight is 226 g/mol. The molecular weight excluding hydrogens is 200 g/mol. The second-order valence-electron chi connectivity index (χ2n) is 6.15. The average Bonchev–Trinajstić information content (AvgIpc) is 2.15. The van der Waals surface area contributed by atoms with Crippen LogP contribution in [0.3, 0.4) is 0 Å². The molecule has 0 amide bonds. The molecule has 1 N–H and O–H groups in total. The minimum atomic E-state index is -0.411. The van der Waals surface area contributed by atoms with Crippen LogP contribution in [0.15, 0.2) is 0 Å². The third-order valence-electron chi connectivity index (χ3n) is 4.12. The smallest absolute Gasteiger partial charge is 0.0798 e. The van der Waals surface area contributed by atoms with Crippen LogP contribution in [-0.2, 0) is 0 Å². The van der Waals surface area contributed by atoms with E-state index in [4.69, 9.17) is 0 Å². The van der Waals surface area contributed by atoms with Crippen LogP contribution in [0.1, 0.15) is 33.6 Å². The van der Waals surface area contributed by atoms with Crippen LogP contribution in [0, 0.1) is 5.92 Å². The van der Waals surface area contributed by atoms with Crippen molar-refractivity contribution < 1.29 is 5.11 Å². The first-order valence-electron chi connectivity index (χ1n) is 6.67. The van der Waals surface area contributed by atoms with Gasteiger partial charge in [-0.15, -0.1) is 0 Å². The van der Waals surface area contributed by atoms with Crippen LogP contribution >= 0.6 is 0 Å². The molecule has 2 saturated heterocycles. The molecule has 2 aliphatic heterocycles. The molecule has 3 nitrogen and oxygen atoms in total. The minimum Gasteiger partial charge on any atom is -0.388 e. The van der Waals surface area contributed by atoms with Gasteiger partial charge in [-0.1, -0.05) is 6.92 Å². The first-order chi connectivity index (χ1) is 7.48. The third kappa shape index (κ3) is 2.76. The Hall–Kier alpha value is -0.120.